The van der Waals surface area contributed by atoms with Gasteiger partial charge in [-0.25, -0.2) is 0 Å². The quantitative estimate of drug-likeness (QED) is 0.724. The number of amides is 1. The van der Waals surface area contributed by atoms with Gasteiger partial charge in [-0.3, -0.25) is 14.6 Å². The molecule has 0 aromatic carbocycles. The lowest BCUT2D eigenvalue weighted by Gasteiger charge is -2.10. The van der Waals surface area contributed by atoms with Crippen molar-refractivity contribution in [1.82, 2.24) is 10.3 Å². The molecule has 0 aliphatic rings. The van der Waals surface area contributed by atoms with E-state index in [1.54, 1.807) is 12.4 Å². The fraction of sp³-hybridized carbons (Fsp3) is 0.533. The zero-order chi connectivity index (χ0) is 14.8. The average Bonchev–Trinajstić information content (AvgIpc) is 2.44. The van der Waals surface area contributed by atoms with Crippen molar-refractivity contribution in [2.24, 2.45) is 5.92 Å². The number of pyridine rings is 1. The number of carboxylic acid groups (broad SMARTS) is 1. The van der Waals surface area contributed by atoms with Gasteiger partial charge in [-0.1, -0.05) is 6.92 Å². The molecule has 1 unspecified atom stereocenters. The molecular formula is C15H22N2O3. The first-order chi connectivity index (χ1) is 9.58. The summed E-state index contributed by atoms with van der Waals surface area (Å²) in [5.74, 6) is -0.419. The molecule has 1 aromatic heterocycles. The first-order valence-electron chi connectivity index (χ1n) is 6.95. The first kappa shape index (κ1) is 16.1. The Bertz CT molecular complexity index is 420. The molecule has 0 aliphatic carbocycles. The Kier molecular flexibility index (Phi) is 7.32. The highest BCUT2D eigenvalue weighted by molar-refractivity contribution is 5.76. The Balaban J connectivity index is 2.09. The van der Waals surface area contributed by atoms with Crippen molar-refractivity contribution >= 4 is 11.9 Å². The van der Waals surface area contributed by atoms with E-state index in [4.69, 9.17) is 5.11 Å². The van der Waals surface area contributed by atoms with Crippen LogP contribution in [0.5, 0.6) is 0 Å². The van der Waals surface area contributed by atoms with Gasteiger partial charge in [0.1, 0.15) is 0 Å². The summed E-state index contributed by atoms with van der Waals surface area (Å²) in [6.07, 6.45) is 6.28. The van der Waals surface area contributed by atoms with E-state index < -0.39 is 5.97 Å². The number of hydrogen-bond donors (Lipinski definition) is 2. The number of carbonyl (C=O) groups is 2. The van der Waals surface area contributed by atoms with Gasteiger partial charge in [0.05, 0.1) is 0 Å². The molecule has 5 heteroatoms. The molecule has 0 saturated carbocycles. The summed E-state index contributed by atoms with van der Waals surface area (Å²) in [7, 11) is 0. The van der Waals surface area contributed by atoms with Crippen molar-refractivity contribution in [3.05, 3.63) is 30.1 Å². The maximum absolute atomic E-state index is 11.6. The normalized spacial score (nSPS) is 11.8. The number of aryl methyl sites for hydroxylation is 1. The molecule has 2 N–H and O–H groups in total. The maximum Gasteiger partial charge on any atom is 0.303 e. The minimum atomic E-state index is -0.766. The second kappa shape index (κ2) is 9.07. The molecule has 0 radical (unpaired) electrons. The number of nitrogens with one attached hydrogen (secondary N) is 1. The molecule has 20 heavy (non-hydrogen) atoms. The average molecular weight is 278 g/mol. The van der Waals surface area contributed by atoms with E-state index in [0.29, 0.717) is 31.7 Å². The highest BCUT2D eigenvalue weighted by Gasteiger charge is 2.07. The fourth-order valence-electron chi connectivity index (χ4n) is 1.87. The lowest BCUT2D eigenvalue weighted by Crippen LogP contribution is -2.25. The van der Waals surface area contributed by atoms with Crippen molar-refractivity contribution in [2.75, 3.05) is 6.54 Å². The van der Waals surface area contributed by atoms with Gasteiger partial charge in [0, 0.05) is 31.8 Å². The highest BCUT2D eigenvalue weighted by Crippen LogP contribution is 2.09. The summed E-state index contributed by atoms with van der Waals surface area (Å²) >= 11 is 0. The van der Waals surface area contributed by atoms with Gasteiger partial charge < -0.3 is 10.4 Å². The predicted octanol–water partition coefficient (Wildman–Crippen LogP) is 2.02. The molecular weight excluding hydrogens is 256 g/mol. The topological polar surface area (TPSA) is 79.3 Å². The third-order valence-electron chi connectivity index (χ3n) is 3.20. The molecule has 0 fully saturated rings. The van der Waals surface area contributed by atoms with Crippen molar-refractivity contribution in [1.29, 1.82) is 0 Å². The minimum Gasteiger partial charge on any atom is -0.481 e. The summed E-state index contributed by atoms with van der Waals surface area (Å²) in [4.78, 5) is 26.0. The van der Waals surface area contributed by atoms with Crippen LogP contribution in [0.1, 0.15) is 38.2 Å². The predicted molar refractivity (Wildman–Crippen MR) is 76.2 cm³/mol. The second-order valence-corrected chi connectivity index (χ2v) is 5.03. The van der Waals surface area contributed by atoms with Gasteiger partial charge in [0.15, 0.2) is 0 Å². The Morgan fingerprint density at radius 2 is 1.95 bits per heavy atom. The lowest BCUT2D eigenvalue weighted by molar-refractivity contribution is -0.137. The zero-order valence-electron chi connectivity index (χ0n) is 11.8. The lowest BCUT2D eigenvalue weighted by atomic mass is 10.0. The molecule has 1 amide bonds. The molecule has 0 aliphatic heterocycles. The number of aliphatic carboxylic acids is 1. The molecule has 1 atom stereocenters. The number of aromatic nitrogens is 1. The number of nitrogens with zero attached hydrogens (tertiary/aromatic N) is 1. The highest BCUT2D eigenvalue weighted by atomic mass is 16.4. The van der Waals surface area contributed by atoms with E-state index in [1.165, 1.54) is 0 Å². The minimum absolute atomic E-state index is 0.0345. The van der Waals surface area contributed by atoms with Crippen LogP contribution in [-0.4, -0.2) is 28.5 Å². The molecule has 0 saturated heterocycles. The summed E-state index contributed by atoms with van der Waals surface area (Å²) in [5.41, 5.74) is 1.10. The summed E-state index contributed by atoms with van der Waals surface area (Å²) < 4.78 is 0. The van der Waals surface area contributed by atoms with E-state index in [2.05, 4.69) is 10.3 Å². The molecule has 1 heterocycles. The van der Waals surface area contributed by atoms with Crippen molar-refractivity contribution in [2.45, 2.75) is 39.0 Å². The van der Waals surface area contributed by atoms with Gasteiger partial charge in [0.2, 0.25) is 5.91 Å². The second-order valence-electron chi connectivity index (χ2n) is 5.03. The first-order valence-corrected chi connectivity index (χ1v) is 6.95. The van der Waals surface area contributed by atoms with Crippen LogP contribution in [0.4, 0.5) is 0 Å². The molecule has 5 nitrogen and oxygen atoms in total. The number of carboxylic acids is 1. The molecule has 0 spiro atoms. The fourth-order valence-corrected chi connectivity index (χ4v) is 1.87. The maximum atomic E-state index is 11.6. The van der Waals surface area contributed by atoms with Crippen LogP contribution in [0, 0.1) is 5.92 Å². The van der Waals surface area contributed by atoms with Crippen molar-refractivity contribution in [3.63, 3.8) is 0 Å². The summed E-state index contributed by atoms with van der Waals surface area (Å²) in [5, 5.41) is 11.4. The largest absolute Gasteiger partial charge is 0.481 e. The van der Waals surface area contributed by atoms with Gasteiger partial charge >= 0.3 is 5.97 Å². The zero-order valence-corrected chi connectivity index (χ0v) is 11.8. The standard InChI is InChI=1S/C15H22N2O3/c1-12(2-5-15(19)20)6-11-17-14(18)4-3-13-7-9-16-10-8-13/h7-10,12H,2-6,11H2,1H3,(H,17,18)(H,19,20). The molecule has 1 rings (SSSR count). The number of hydrogen-bond acceptors (Lipinski definition) is 3. The van der Waals surface area contributed by atoms with E-state index in [0.717, 1.165) is 12.0 Å². The van der Waals surface area contributed by atoms with Crippen LogP contribution in [0.25, 0.3) is 0 Å². The summed E-state index contributed by atoms with van der Waals surface area (Å²) in [6, 6.07) is 3.81. The van der Waals surface area contributed by atoms with E-state index in [-0.39, 0.29) is 12.3 Å². The number of rotatable bonds is 9. The number of carbonyl (C=O) groups excluding carboxylic acids is 1. The van der Waals surface area contributed by atoms with Gasteiger partial charge in [0.25, 0.3) is 0 Å². The van der Waals surface area contributed by atoms with Gasteiger partial charge in [-0.2, -0.15) is 0 Å². The molecule has 110 valence electrons. The van der Waals surface area contributed by atoms with Crippen LogP contribution in [0.2, 0.25) is 0 Å². The smallest absolute Gasteiger partial charge is 0.303 e. The van der Waals surface area contributed by atoms with Crippen molar-refractivity contribution < 1.29 is 14.7 Å². The van der Waals surface area contributed by atoms with Crippen LogP contribution < -0.4 is 5.32 Å². The SMILES string of the molecule is CC(CCNC(=O)CCc1ccncc1)CCC(=O)O. The Morgan fingerprint density at radius 1 is 1.25 bits per heavy atom. The van der Waals surface area contributed by atoms with Crippen LogP contribution in [0.15, 0.2) is 24.5 Å². The van der Waals surface area contributed by atoms with E-state index >= 15 is 0 Å². The Morgan fingerprint density at radius 3 is 2.60 bits per heavy atom. The third kappa shape index (κ3) is 7.51. The monoisotopic (exact) mass is 278 g/mol. The third-order valence-corrected chi connectivity index (χ3v) is 3.20. The Hall–Kier alpha value is -1.91. The van der Waals surface area contributed by atoms with E-state index in [1.807, 2.05) is 19.1 Å². The van der Waals surface area contributed by atoms with Crippen molar-refractivity contribution in [3.8, 4) is 0 Å². The van der Waals surface area contributed by atoms with E-state index in [9.17, 15) is 9.59 Å². The van der Waals surface area contributed by atoms with Gasteiger partial charge in [-0.15, -0.1) is 0 Å². The molecule has 0 bridgehead atoms. The van der Waals surface area contributed by atoms with Gasteiger partial charge in [-0.05, 0) is 42.9 Å². The van der Waals surface area contributed by atoms with Crippen LogP contribution in [0.3, 0.4) is 0 Å². The summed E-state index contributed by atoms with van der Waals surface area (Å²) in [6.45, 7) is 2.61. The van der Waals surface area contributed by atoms with Crippen LogP contribution in [-0.2, 0) is 16.0 Å². The molecule has 1 aromatic rings. The van der Waals surface area contributed by atoms with Crippen LogP contribution >= 0.6 is 0 Å². The Labute approximate surface area is 119 Å².